The number of hydrogen-bond donors (Lipinski definition) is 0. The molecule has 3 nitrogen and oxygen atoms in total. The number of sulfonamides is 1. The van der Waals surface area contributed by atoms with Crippen LogP contribution in [0.15, 0.2) is 29.2 Å². The average molecular weight is 298 g/mol. The van der Waals surface area contributed by atoms with Crippen LogP contribution in [-0.2, 0) is 16.4 Å². The molecule has 0 fully saturated rings. The van der Waals surface area contributed by atoms with Crippen molar-refractivity contribution in [3.05, 3.63) is 29.8 Å². The molecule has 0 saturated heterocycles. The fraction of sp³-hybridized carbons (Fsp3) is 0.455. The summed E-state index contributed by atoms with van der Waals surface area (Å²) in [7, 11) is -2.71. The molecule has 0 N–H and O–H groups in total. The predicted octanol–water partition coefficient (Wildman–Crippen LogP) is 2.35. The Morgan fingerprint density at radius 3 is 2.28 bits per heavy atom. The normalized spacial score (nSPS) is 12.3. The quantitative estimate of drug-likeness (QED) is 0.756. The van der Waals surface area contributed by atoms with Crippen molar-refractivity contribution >= 4 is 21.6 Å². The second-order valence-electron chi connectivity index (χ2n) is 3.76. The van der Waals surface area contributed by atoms with Crippen molar-refractivity contribution in [1.82, 2.24) is 4.31 Å². The van der Waals surface area contributed by atoms with Gasteiger partial charge in [-0.25, -0.2) is 17.2 Å². The number of hydrogen-bond acceptors (Lipinski definition) is 2. The molecule has 1 rings (SSSR count). The third-order valence-electron chi connectivity index (χ3n) is 2.41. The number of aryl methyl sites for hydroxylation is 1. The highest BCUT2D eigenvalue weighted by Gasteiger charge is 2.23. The Hall–Kier alpha value is -0.720. The lowest BCUT2D eigenvalue weighted by Gasteiger charge is -2.16. The number of halogens is 3. The van der Waals surface area contributed by atoms with Crippen molar-refractivity contribution < 1.29 is 17.2 Å². The van der Waals surface area contributed by atoms with Gasteiger partial charge in [0.1, 0.15) is 0 Å². The lowest BCUT2D eigenvalue weighted by atomic mass is 10.2. The lowest BCUT2D eigenvalue weighted by Crippen LogP contribution is -2.31. The van der Waals surface area contributed by atoms with Gasteiger partial charge in [-0.15, -0.1) is 11.6 Å². The van der Waals surface area contributed by atoms with E-state index in [-0.39, 0.29) is 4.90 Å². The largest absolute Gasteiger partial charge is 0.252 e. The molecule has 0 aliphatic heterocycles. The molecule has 0 aromatic heterocycles. The van der Waals surface area contributed by atoms with E-state index in [2.05, 4.69) is 0 Å². The molecule has 0 saturated carbocycles. The van der Waals surface area contributed by atoms with Crippen LogP contribution in [0.2, 0.25) is 0 Å². The van der Waals surface area contributed by atoms with Gasteiger partial charge in [-0.05, 0) is 24.1 Å². The summed E-state index contributed by atoms with van der Waals surface area (Å²) < 4.78 is 48.8. The zero-order valence-corrected chi connectivity index (χ0v) is 11.4. The van der Waals surface area contributed by atoms with E-state index in [0.29, 0.717) is 16.6 Å². The second-order valence-corrected chi connectivity index (χ2v) is 6.18. The van der Waals surface area contributed by atoms with Gasteiger partial charge in [-0.2, -0.15) is 4.31 Å². The third kappa shape index (κ3) is 3.90. The molecule has 0 atom stereocenters. The van der Waals surface area contributed by atoms with Gasteiger partial charge in [0.2, 0.25) is 10.0 Å². The minimum Gasteiger partial charge on any atom is -0.209 e. The molecule has 1 aromatic rings. The van der Waals surface area contributed by atoms with Gasteiger partial charge in [0.15, 0.2) is 0 Å². The molecule has 0 aliphatic carbocycles. The minimum atomic E-state index is -3.85. The summed E-state index contributed by atoms with van der Waals surface area (Å²) in [5.41, 5.74) is 0.903. The van der Waals surface area contributed by atoms with Gasteiger partial charge in [-0.1, -0.05) is 12.1 Å². The first kappa shape index (κ1) is 15.3. The van der Waals surface area contributed by atoms with Gasteiger partial charge < -0.3 is 0 Å². The van der Waals surface area contributed by atoms with E-state index in [0.717, 1.165) is 12.6 Å². The summed E-state index contributed by atoms with van der Waals surface area (Å²) in [5.74, 6) is 0.442. The summed E-state index contributed by atoms with van der Waals surface area (Å²) >= 11 is 5.56. The Morgan fingerprint density at radius 1 is 1.28 bits per heavy atom. The SMILES string of the molecule is CN(CC(F)F)S(=O)(=O)c1ccc(CCCl)cc1. The van der Waals surface area contributed by atoms with E-state index in [1.165, 1.54) is 12.1 Å². The van der Waals surface area contributed by atoms with E-state index in [9.17, 15) is 17.2 Å². The topological polar surface area (TPSA) is 37.4 Å². The van der Waals surface area contributed by atoms with Crippen LogP contribution >= 0.6 is 11.6 Å². The molecule has 0 bridgehead atoms. The van der Waals surface area contributed by atoms with E-state index >= 15 is 0 Å². The van der Waals surface area contributed by atoms with Crippen molar-refractivity contribution in [3.8, 4) is 0 Å². The summed E-state index contributed by atoms with van der Waals surface area (Å²) in [4.78, 5) is 0.00368. The van der Waals surface area contributed by atoms with Crippen LogP contribution < -0.4 is 0 Å². The Balaban J connectivity index is 2.91. The zero-order chi connectivity index (χ0) is 13.8. The lowest BCUT2D eigenvalue weighted by molar-refractivity contribution is 0.126. The molecule has 0 radical (unpaired) electrons. The van der Waals surface area contributed by atoms with Crippen LogP contribution in [0.25, 0.3) is 0 Å². The molecule has 1 aromatic carbocycles. The Bertz CT molecular complexity index is 476. The first-order chi connectivity index (χ1) is 8.37. The van der Waals surface area contributed by atoms with Crippen molar-refractivity contribution in [2.24, 2.45) is 0 Å². The maximum absolute atomic E-state index is 12.2. The average Bonchev–Trinajstić information content (AvgIpc) is 2.29. The molecule has 18 heavy (non-hydrogen) atoms. The molecule has 102 valence electrons. The van der Waals surface area contributed by atoms with Crippen molar-refractivity contribution in [3.63, 3.8) is 0 Å². The standard InChI is InChI=1S/C11H14ClF2NO2S/c1-15(8-11(13)14)18(16,17)10-4-2-9(3-5-10)6-7-12/h2-5,11H,6-8H2,1H3. The fourth-order valence-corrected chi connectivity index (χ4v) is 2.78. The van der Waals surface area contributed by atoms with Crippen LogP contribution in [0.5, 0.6) is 0 Å². The molecule has 0 spiro atoms. The first-order valence-electron chi connectivity index (χ1n) is 5.27. The number of benzene rings is 1. The Kier molecular flexibility index (Phi) is 5.49. The highest BCUT2D eigenvalue weighted by Crippen LogP contribution is 2.16. The third-order valence-corrected chi connectivity index (χ3v) is 4.44. The van der Waals surface area contributed by atoms with Gasteiger partial charge in [-0.3, -0.25) is 0 Å². The van der Waals surface area contributed by atoms with Crippen LogP contribution in [0.4, 0.5) is 8.78 Å². The van der Waals surface area contributed by atoms with Crippen LogP contribution in [-0.4, -0.2) is 38.6 Å². The molecular formula is C11H14ClF2NO2S. The van der Waals surface area contributed by atoms with Crippen LogP contribution in [0.3, 0.4) is 0 Å². The van der Waals surface area contributed by atoms with Crippen molar-refractivity contribution in [2.45, 2.75) is 17.7 Å². The first-order valence-corrected chi connectivity index (χ1v) is 7.24. The summed E-state index contributed by atoms with van der Waals surface area (Å²) in [6.07, 6.45) is -2.06. The molecule has 0 unspecified atom stereocenters. The van der Waals surface area contributed by atoms with E-state index in [1.54, 1.807) is 12.1 Å². The fourth-order valence-electron chi connectivity index (χ4n) is 1.41. The number of nitrogens with zero attached hydrogens (tertiary/aromatic N) is 1. The molecular weight excluding hydrogens is 284 g/mol. The van der Waals surface area contributed by atoms with Gasteiger partial charge in [0, 0.05) is 12.9 Å². The maximum atomic E-state index is 12.2. The minimum absolute atomic E-state index is 0.00368. The summed E-state index contributed by atoms with van der Waals surface area (Å²) in [5, 5.41) is 0. The molecule has 0 heterocycles. The Labute approximate surface area is 110 Å². The van der Waals surface area contributed by atoms with E-state index in [1.807, 2.05) is 0 Å². The molecule has 0 amide bonds. The maximum Gasteiger partial charge on any atom is 0.252 e. The molecule has 7 heteroatoms. The van der Waals surface area contributed by atoms with E-state index in [4.69, 9.17) is 11.6 Å². The van der Waals surface area contributed by atoms with E-state index < -0.39 is 23.0 Å². The highest BCUT2D eigenvalue weighted by atomic mass is 35.5. The summed E-state index contributed by atoms with van der Waals surface area (Å²) in [6, 6.07) is 6.06. The smallest absolute Gasteiger partial charge is 0.209 e. The van der Waals surface area contributed by atoms with Gasteiger partial charge in [0.25, 0.3) is 6.43 Å². The monoisotopic (exact) mass is 297 g/mol. The highest BCUT2D eigenvalue weighted by molar-refractivity contribution is 7.89. The zero-order valence-electron chi connectivity index (χ0n) is 9.81. The Morgan fingerprint density at radius 2 is 1.83 bits per heavy atom. The van der Waals surface area contributed by atoms with Gasteiger partial charge in [0.05, 0.1) is 11.4 Å². The molecule has 0 aliphatic rings. The number of alkyl halides is 3. The predicted molar refractivity (Wildman–Crippen MR) is 66.7 cm³/mol. The van der Waals surface area contributed by atoms with Crippen LogP contribution in [0.1, 0.15) is 5.56 Å². The number of rotatable bonds is 6. The van der Waals surface area contributed by atoms with Crippen molar-refractivity contribution in [2.75, 3.05) is 19.5 Å². The van der Waals surface area contributed by atoms with Crippen molar-refractivity contribution in [1.29, 1.82) is 0 Å². The second kappa shape index (κ2) is 6.45. The van der Waals surface area contributed by atoms with Gasteiger partial charge >= 0.3 is 0 Å². The summed E-state index contributed by atoms with van der Waals surface area (Å²) in [6.45, 7) is -0.814. The van der Waals surface area contributed by atoms with Crippen LogP contribution in [0, 0.1) is 0 Å².